The van der Waals surface area contributed by atoms with Gasteiger partial charge in [0.05, 0.1) is 10.6 Å². The number of hydrogen-bond acceptors (Lipinski definition) is 4. The lowest BCUT2D eigenvalue weighted by molar-refractivity contribution is -0.127. The zero-order valence-corrected chi connectivity index (χ0v) is 21.3. The molecule has 0 spiro atoms. The van der Waals surface area contributed by atoms with Crippen LogP contribution in [-0.4, -0.2) is 33.1 Å². The van der Waals surface area contributed by atoms with Crippen LogP contribution in [0.25, 0.3) is 17.0 Å². The van der Waals surface area contributed by atoms with Gasteiger partial charge in [-0.2, -0.15) is 0 Å². The number of carbonyl (C=O) groups is 3. The number of amides is 3. The van der Waals surface area contributed by atoms with Crippen LogP contribution in [-0.2, 0) is 16.1 Å². The number of halogens is 2. The summed E-state index contributed by atoms with van der Waals surface area (Å²) in [6.07, 6.45) is 1.70. The van der Waals surface area contributed by atoms with Crippen LogP contribution in [0.3, 0.4) is 0 Å². The van der Waals surface area contributed by atoms with Crippen molar-refractivity contribution in [1.82, 2.24) is 9.47 Å². The van der Waals surface area contributed by atoms with Crippen molar-refractivity contribution in [3.63, 3.8) is 0 Å². The van der Waals surface area contributed by atoms with E-state index < -0.39 is 29.4 Å². The second-order valence-corrected chi connectivity index (χ2v) is 9.95. The standard InChI is InChI=1S/C28H21ClFN3O3S/c1-17-21(20-6-2-5-9-24(20)32(17)15-18-10-12-19(29)13-11-18)14-25-27(35)33(28(36)37-25)16-26(34)31-23-8-4-3-7-22(23)30/h2-14H,15-16H2,1H3,(H,31,34)/b25-14-. The van der Waals surface area contributed by atoms with E-state index in [1.165, 1.54) is 18.2 Å². The Morgan fingerprint density at radius 2 is 1.73 bits per heavy atom. The van der Waals surface area contributed by atoms with E-state index in [2.05, 4.69) is 9.88 Å². The highest BCUT2D eigenvalue weighted by atomic mass is 35.5. The monoisotopic (exact) mass is 533 g/mol. The molecule has 3 amide bonds. The molecule has 1 fully saturated rings. The number of thioether (sulfide) groups is 1. The second-order valence-electron chi connectivity index (χ2n) is 8.52. The third-order valence-electron chi connectivity index (χ3n) is 6.13. The van der Waals surface area contributed by atoms with E-state index in [1.807, 2.05) is 55.5 Å². The molecule has 37 heavy (non-hydrogen) atoms. The third kappa shape index (κ3) is 5.03. The molecule has 0 aliphatic carbocycles. The van der Waals surface area contributed by atoms with E-state index in [9.17, 15) is 18.8 Å². The molecule has 1 N–H and O–H groups in total. The Balaban J connectivity index is 1.42. The van der Waals surface area contributed by atoms with Gasteiger partial charge in [0, 0.05) is 33.7 Å². The van der Waals surface area contributed by atoms with Crippen LogP contribution in [0.15, 0.2) is 77.7 Å². The number of para-hydroxylation sites is 2. The fourth-order valence-electron chi connectivity index (χ4n) is 4.28. The first kappa shape index (κ1) is 24.8. The molecule has 6 nitrogen and oxygen atoms in total. The van der Waals surface area contributed by atoms with Gasteiger partial charge in [-0.05, 0) is 60.7 Å². The topological polar surface area (TPSA) is 71.4 Å². The Labute approximate surface area is 221 Å². The minimum Gasteiger partial charge on any atom is -0.340 e. The van der Waals surface area contributed by atoms with E-state index in [-0.39, 0.29) is 10.6 Å². The SMILES string of the molecule is Cc1c(/C=C2\SC(=O)N(CC(=O)Nc3ccccc3F)C2=O)c2ccccc2n1Cc1ccc(Cl)cc1. The van der Waals surface area contributed by atoms with Crippen molar-refractivity contribution < 1.29 is 18.8 Å². The van der Waals surface area contributed by atoms with Crippen LogP contribution in [0.4, 0.5) is 14.9 Å². The largest absolute Gasteiger partial charge is 0.340 e. The summed E-state index contributed by atoms with van der Waals surface area (Å²) in [7, 11) is 0. The van der Waals surface area contributed by atoms with Gasteiger partial charge in [0.1, 0.15) is 12.4 Å². The van der Waals surface area contributed by atoms with Gasteiger partial charge in [-0.25, -0.2) is 4.39 Å². The quantitative estimate of drug-likeness (QED) is 0.288. The molecular formula is C28H21ClFN3O3S. The zero-order valence-electron chi connectivity index (χ0n) is 19.7. The van der Waals surface area contributed by atoms with Gasteiger partial charge in [0.15, 0.2) is 0 Å². The molecule has 1 aliphatic rings. The molecule has 3 aromatic carbocycles. The van der Waals surface area contributed by atoms with Crippen molar-refractivity contribution in [2.45, 2.75) is 13.5 Å². The lowest BCUT2D eigenvalue weighted by atomic mass is 10.1. The first-order valence-corrected chi connectivity index (χ1v) is 12.6. The van der Waals surface area contributed by atoms with Gasteiger partial charge in [0.25, 0.3) is 11.1 Å². The van der Waals surface area contributed by atoms with E-state index in [0.717, 1.165) is 44.4 Å². The number of carbonyl (C=O) groups excluding carboxylic acids is 3. The maximum absolute atomic E-state index is 13.9. The second kappa shape index (κ2) is 10.2. The summed E-state index contributed by atoms with van der Waals surface area (Å²) in [5.74, 6) is -1.83. The van der Waals surface area contributed by atoms with Crippen molar-refractivity contribution in [3.05, 3.63) is 105 Å². The summed E-state index contributed by atoms with van der Waals surface area (Å²) in [4.78, 5) is 39.2. The van der Waals surface area contributed by atoms with Gasteiger partial charge in [0.2, 0.25) is 5.91 Å². The number of fused-ring (bicyclic) bond motifs is 1. The van der Waals surface area contributed by atoms with Crippen molar-refractivity contribution in [2.75, 3.05) is 11.9 Å². The summed E-state index contributed by atoms with van der Waals surface area (Å²) in [6.45, 7) is 2.07. The highest BCUT2D eigenvalue weighted by Gasteiger charge is 2.36. The molecule has 1 aliphatic heterocycles. The normalized spacial score (nSPS) is 14.7. The average molecular weight is 534 g/mol. The van der Waals surface area contributed by atoms with Crippen LogP contribution in [0.5, 0.6) is 0 Å². The lowest BCUT2D eigenvalue weighted by Crippen LogP contribution is -2.36. The van der Waals surface area contributed by atoms with E-state index >= 15 is 0 Å². The molecule has 4 aromatic rings. The molecule has 186 valence electrons. The molecule has 1 aromatic heterocycles. The maximum Gasteiger partial charge on any atom is 0.294 e. The van der Waals surface area contributed by atoms with Crippen LogP contribution >= 0.6 is 23.4 Å². The van der Waals surface area contributed by atoms with E-state index in [1.54, 1.807) is 12.1 Å². The summed E-state index contributed by atoms with van der Waals surface area (Å²) in [5, 5.41) is 3.46. The van der Waals surface area contributed by atoms with Crippen LogP contribution < -0.4 is 5.32 Å². The summed E-state index contributed by atoms with van der Waals surface area (Å²) >= 11 is 6.82. The number of imide groups is 1. The predicted molar refractivity (Wildman–Crippen MR) is 145 cm³/mol. The Morgan fingerprint density at radius 1 is 1.03 bits per heavy atom. The van der Waals surface area contributed by atoms with E-state index in [4.69, 9.17) is 11.6 Å². The van der Waals surface area contributed by atoms with Gasteiger partial charge in [-0.1, -0.05) is 54.1 Å². The molecule has 1 saturated heterocycles. The average Bonchev–Trinajstić information content (AvgIpc) is 3.30. The fraction of sp³-hybridized carbons (Fsp3) is 0.107. The number of aromatic nitrogens is 1. The fourth-order valence-corrected chi connectivity index (χ4v) is 5.23. The lowest BCUT2D eigenvalue weighted by Gasteiger charge is -2.12. The molecule has 0 radical (unpaired) electrons. The smallest absolute Gasteiger partial charge is 0.294 e. The first-order chi connectivity index (χ1) is 17.8. The number of anilines is 1. The molecule has 0 saturated carbocycles. The Hall–Kier alpha value is -3.88. The maximum atomic E-state index is 13.9. The molecule has 9 heteroatoms. The van der Waals surface area contributed by atoms with Crippen LogP contribution in [0, 0.1) is 12.7 Å². The van der Waals surface area contributed by atoms with E-state index in [0.29, 0.717) is 11.6 Å². The molecule has 0 atom stereocenters. The molecule has 5 rings (SSSR count). The van der Waals surface area contributed by atoms with Crippen LogP contribution in [0.2, 0.25) is 5.02 Å². The number of hydrogen-bond donors (Lipinski definition) is 1. The molecule has 0 bridgehead atoms. The summed E-state index contributed by atoms with van der Waals surface area (Å²) in [6, 6.07) is 21.2. The number of benzene rings is 3. The zero-order chi connectivity index (χ0) is 26.1. The van der Waals surface area contributed by atoms with Crippen molar-refractivity contribution >= 4 is 63.1 Å². The number of nitrogens with zero attached hydrogens (tertiary/aromatic N) is 2. The predicted octanol–water partition coefficient (Wildman–Crippen LogP) is 6.47. The molecular weight excluding hydrogens is 513 g/mol. The van der Waals surface area contributed by atoms with Gasteiger partial charge in [-0.15, -0.1) is 0 Å². The van der Waals surface area contributed by atoms with Crippen molar-refractivity contribution in [1.29, 1.82) is 0 Å². The van der Waals surface area contributed by atoms with Gasteiger partial charge < -0.3 is 9.88 Å². The summed E-state index contributed by atoms with van der Waals surface area (Å²) in [5.41, 5.74) is 3.80. The Morgan fingerprint density at radius 3 is 2.49 bits per heavy atom. The Kier molecular flexibility index (Phi) is 6.86. The summed E-state index contributed by atoms with van der Waals surface area (Å²) < 4.78 is 16.0. The van der Waals surface area contributed by atoms with Gasteiger partial charge >= 0.3 is 0 Å². The molecule has 0 unspecified atom stereocenters. The molecule has 2 heterocycles. The van der Waals surface area contributed by atoms with Gasteiger partial charge in [-0.3, -0.25) is 19.3 Å². The number of nitrogens with one attached hydrogen (secondary N) is 1. The minimum atomic E-state index is -0.663. The van der Waals surface area contributed by atoms with Crippen molar-refractivity contribution in [3.8, 4) is 0 Å². The van der Waals surface area contributed by atoms with Crippen molar-refractivity contribution in [2.24, 2.45) is 0 Å². The third-order valence-corrected chi connectivity index (χ3v) is 7.29. The number of rotatable bonds is 6. The highest BCUT2D eigenvalue weighted by molar-refractivity contribution is 8.18. The first-order valence-electron chi connectivity index (χ1n) is 11.4. The Bertz CT molecular complexity index is 1580. The minimum absolute atomic E-state index is 0.0147. The van der Waals surface area contributed by atoms with Crippen LogP contribution in [0.1, 0.15) is 16.8 Å². The highest BCUT2D eigenvalue weighted by Crippen LogP contribution is 2.36.